The first-order valence-electron chi connectivity index (χ1n) is 9.03. The van der Waals surface area contributed by atoms with E-state index in [9.17, 15) is 4.79 Å². The first-order chi connectivity index (χ1) is 10.8. The summed E-state index contributed by atoms with van der Waals surface area (Å²) >= 11 is 0. The lowest BCUT2D eigenvalue weighted by atomic mass is 9.78. The van der Waals surface area contributed by atoms with Crippen LogP contribution in [0.4, 0.5) is 5.69 Å². The van der Waals surface area contributed by atoms with Gasteiger partial charge in [0.2, 0.25) is 0 Å². The number of nitrogens with one attached hydrogen (secondary N) is 1. The molecule has 23 heavy (non-hydrogen) atoms. The molecule has 1 aliphatic carbocycles. The Kier molecular flexibility index (Phi) is 5.85. The van der Waals surface area contributed by atoms with E-state index < -0.39 is 0 Å². The van der Waals surface area contributed by atoms with Crippen molar-refractivity contribution in [1.82, 2.24) is 0 Å². The molecule has 4 atom stereocenters. The van der Waals surface area contributed by atoms with Gasteiger partial charge in [-0.15, -0.1) is 0 Å². The zero-order valence-corrected chi connectivity index (χ0v) is 15.6. The van der Waals surface area contributed by atoms with Crippen LogP contribution in [0.25, 0.3) is 0 Å². The van der Waals surface area contributed by atoms with Gasteiger partial charge in [-0.3, -0.25) is 4.79 Å². The predicted octanol–water partition coefficient (Wildman–Crippen LogP) is 3.33. The first kappa shape index (κ1) is 18.0. The van der Waals surface area contributed by atoms with Crippen LogP contribution in [0.15, 0.2) is 12.1 Å². The van der Waals surface area contributed by atoms with Crippen LogP contribution in [0, 0.1) is 32.6 Å². The van der Waals surface area contributed by atoms with Gasteiger partial charge in [-0.2, -0.15) is 0 Å². The van der Waals surface area contributed by atoms with Crippen molar-refractivity contribution in [1.29, 1.82) is 0 Å². The van der Waals surface area contributed by atoms with Crippen molar-refractivity contribution in [2.24, 2.45) is 11.8 Å². The second kappa shape index (κ2) is 7.48. The van der Waals surface area contributed by atoms with Crippen molar-refractivity contribution in [2.45, 2.75) is 72.9 Å². The van der Waals surface area contributed by atoms with Crippen LogP contribution < -0.4 is 10.6 Å². The maximum atomic E-state index is 12.6. The fraction of sp³-hybridized carbons (Fsp3) is 0.650. The monoisotopic (exact) mass is 317 g/mol. The number of hydrogen-bond acceptors (Lipinski definition) is 1. The van der Waals surface area contributed by atoms with E-state index in [0.717, 1.165) is 22.7 Å². The molecule has 0 spiro atoms. The Bertz CT molecular complexity index is 544. The lowest BCUT2D eigenvalue weighted by molar-refractivity contribution is -0.715. The number of rotatable bonds is 4. The van der Waals surface area contributed by atoms with Gasteiger partial charge in [0, 0.05) is 11.6 Å². The van der Waals surface area contributed by atoms with Crippen LogP contribution in [-0.4, -0.2) is 18.0 Å². The molecule has 0 heterocycles. The Morgan fingerprint density at radius 2 is 1.78 bits per heavy atom. The van der Waals surface area contributed by atoms with E-state index in [-0.39, 0.29) is 11.9 Å². The predicted molar refractivity (Wildman–Crippen MR) is 96.6 cm³/mol. The van der Waals surface area contributed by atoms with Crippen LogP contribution in [0.2, 0.25) is 0 Å². The van der Waals surface area contributed by atoms with Crippen molar-refractivity contribution in [3.05, 3.63) is 28.8 Å². The standard InChI is InChI=1S/C20H32N2O/c1-12-10-14(3)19(15(4)11-12)22-20(23)17(6)21-18-9-7-8-13(2)16(18)5/h10-11,13,16-18,21H,7-9H2,1-6H3,(H,22,23)/p+1/t13-,16-,17-,18+/m0/s1. The quantitative estimate of drug-likeness (QED) is 0.879. The molecular formula is C20H33N2O+. The van der Waals surface area contributed by atoms with E-state index in [4.69, 9.17) is 0 Å². The van der Waals surface area contributed by atoms with Crippen LogP contribution in [-0.2, 0) is 4.79 Å². The Morgan fingerprint density at radius 3 is 2.39 bits per heavy atom. The van der Waals surface area contributed by atoms with Crippen LogP contribution in [0.3, 0.4) is 0 Å². The second-order valence-electron chi connectivity index (χ2n) is 7.68. The van der Waals surface area contributed by atoms with Crippen molar-refractivity contribution < 1.29 is 10.1 Å². The molecule has 0 aliphatic heterocycles. The Labute approximate surface area is 141 Å². The van der Waals surface area contributed by atoms with Crippen molar-refractivity contribution in [3.8, 4) is 0 Å². The summed E-state index contributed by atoms with van der Waals surface area (Å²) in [6.07, 6.45) is 3.84. The summed E-state index contributed by atoms with van der Waals surface area (Å²) in [6, 6.07) is 4.77. The van der Waals surface area contributed by atoms with E-state index in [1.54, 1.807) is 0 Å². The molecule has 3 nitrogen and oxygen atoms in total. The number of hydrogen-bond donors (Lipinski definition) is 2. The second-order valence-corrected chi connectivity index (χ2v) is 7.68. The zero-order chi connectivity index (χ0) is 17.1. The van der Waals surface area contributed by atoms with Crippen molar-refractivity contribution in [3.63, 3.8) is 0 Å². The molecule has 0 saturated heterocycles. The lowest BCUT2D eigenvalue weighted by Crippen LogP contribution is -2.97. The number of aryl methyl sites for hydroxylation is 3. The molecule has 3 heteroatoms. The Balaban J connectivity index is 2.00. The van der Waals surface area contributed by atoms with Crippen molar-refractivity contribution >= 4 is 11.6 Å². The van der Waals surface area contributed by atoms with Gasteiger partial charge in [-0.05, 0) is 64.0 Å². The van der Waals surface area contributed by atoms with E-state index in [2.05, 4.69) is 57.4 Å². The molecule has 1 aromatic rings. The van der Waals surface area contributed by atoms with Gasteiger partial charge in [0.1, 0.15) is 0 Å². The number of anilines is 1. The zero-order valence-electron chi connectivity index (χ0n) is 15.6. The smallest absolute Gasteiger partial charge is 0.282 e. The minimum absolute atomic E-state index is 0.0483. The molecule has 1 aromatic carbocycles. The van der Waals surface area contributed by atoms with E-state index in [0.29, 0.717) is 12.0 Å². The van der Waals surface area contributed by atoms with Crippen LogP contribution in [0.1, 0.15) is 56.7 Å². The SMILES string of the molecule is Cc1cc(C)c(NC(=O)[C@H](C)[NH2+][C@@H]2CCC[C@H](C)[C@@H]2C)c(C)c1. The van der Waals surface area contributed by atoms with Gasteiger partial charge in [0.25, 0.3) is 5.91 Å². The molecular weight excluding hydrogens is 284 g/mol. The number of nitrogens with two attached hydrogens (primary N) is 1. The molecule has 0 radical (unpaired) electrons. The summed E-state index contributed by atoms with van der Waals surface area (Å²) in [5.74, 6) is 1.56. The Morgan fingerprint density at radius 1 is 1.17 bits per heavy atom. The molecule has 0 unspecified atom stereocenters. The summed E-state index contributed by atoms with van der Waals surface area (Å²) in [6.45, 7) is 12.9. The molecule has 0 bridgehead atoms. The maximum absolute atomic E-state index is 12.6. The van der Waals surface area contributed by atoms with Crippen molar-refractivity contribution in [2.75, 3.05) is 5.32 Å². The summed E-state index contributed by atoms with van der Waals surface area (Å²) < 4.78 is 0. The first-order valence-corrected chi connectivity index (χ1v) is 9.03. The van der Waals surface area contributed by atoms with E-state index >= 15 is 0 Å². The maximum Gasteiger partial charge on any atom is 0.282 e. The molecule has 1 fully saturated rings. The average Bonchev–Trinajstić information content (AvgIpc) is 2.47. The van der Waals surface area contributed by atoms with Gasteiger partial charge in [-0.25, -0.2) is 0 Å². The minimum atomic E-state index is -0.0483. The summed E-state index contributed by atoms with van der Waals surface area (Å²) in [4.78, 5) is 12.6. The topological polar surface area (TPSA) is 45.7 Å². The fourth-order valence-corrected chi connectivity index (χ4v) is 3.97. The van der Waals surface area contributed by atoms with E-state index in [1.165, 1.54) is 24.8 Å². The number of benzene rings is 1. The summed E-state index contributed by atoms with van der Waals surface area (Å²) in [5, 5.41) is 5.44. The number of carbonyl (C=O) groups excluding carboxylic acids is 1. The largest absolute Gasteiger partial charge is 0.334 e. The molecule has 128 valence electrons. The van der Waals surface area contributed by atoms with Gasteiger partial charge in [0.05, 0.1) is 6.04 Å². The van der Waals surface area contributed by atoms with Gasteiger partial charge in [-0.1, -0.05) is 31.5 Å². The molecule has 1 amide bonds. The molecule has 1 saturated carbocycles. The molecule has 3 N–H and O–H groups in total. The third kappa shape index (κ3) is 4.35. The normalized spacial score (nSPS) is 25.9. The molecule has 1 aliphatic rings. The van der Waals surface area contributed by atoms with Crippen LogP contribution in [0.5, 0.6) is 0 Å². The third-order valence-corrected chi connectivity index (χ3v) is 5.64. The van der Waals surface area contributed by atoms with Gasteiger partial charge < -0.3 is 10.6 Å². The van der Waals surface area contributed by atoms with Gasteiger partial charge in [0.15, 0.2) is 6.04 Å². The number of amides is 1. The lowest BCUT2D eigenvalue weighted by Gasteiger charge is -2.33. The summed E-state index contributed by atoms with van der Waals surface area (Å²) in [7, 11) is 0. The molecule has 0 aromatic heterocycles. The third-order valence-electron chi connectivity index (χ3n) is 5.64. The molecule has 2 rings (SSSR count). The highest BCUT2D eigenvalue weighted by Gasteiger charge is 2.32. The minimum Gasteiger partial charge on any atom is -0.334 e. The Hall–Kier alpha value is -1.35. The van der Waals surface area contributed by atoms with Gasteiger partial charge >= 0.3 is 0 Å². The fourth-order valence-electron chi connectivity index (χ4n) is 3.97. The number of carbonyl (C=O) groups is 1. The highest BCUT2D eigenvalue weighted by molar-refractivity contribution is 5.95. The average molecular weight is 317 g/mol. The van der Waals surface area contributed by atoms with E-state index in [1.807, 2.05) is 6.92 Å². The summed E-state index contributed by atoms with van der Waals surface area (Å²) in [5.41, 5.74) is 4.50. The number of quaternary nitrogens is 1. The van der Waals surface area contributed by atoms with Crippen LogP contribution >= 0.6 is 0 Å². The highest BCUT2D eigenvalue weighted by atomic mass is 16.2. The highest BCUT2D eigenvalue weighted by Crippen LogP contribution is 2.27.